The lowest BCUT2D eigenvalue weighted by atomic mass is 10.2. The Bertz CT molecular complexity index is 954. The lowest BCUT2D eigenvalue weighted by Gasteiger charge is -2.12. The number of nitrogens with one attached hydrogen (secondary N) is 2. The summed E-state index contributed by atoms with van der Waals surface area (Å²) in [6, 6.07) is 9.75. The second-order valence-corrected chi connectivity index (χ2v) is 7.88. The van der Waals surface area contributed by atoms with E-state index in [0.717, 1.165) is 30.7 Å². The van der Waals surface area contributed by atoms with Gasteiger partial charge in [0.15, 0.2) is 0 Å². The summed E-state index contributed by atoms with van der Waals surface area (Å²) < 4.78 is 72.6. The van der Waals surface area contributed by atoms with Gasteiger partial charge in [-0.3, -0.25) is 9.52 Å². The maximum absolute atomic E-state index is 12.4. The van der Waals surface area contributed by atoms with Crippen molar-refractivity contribution < 1.29 is 35.9 Å². The summed E-state index contributed by atoms with van der Waals surface area (Å²) in [6.45, 7) is 0.544. The third-order valence-corrected chi connectivity index (χ3v) is 5.39. The largest absolute Gasteiger partial charge is 0.573 e. The topological polar surface area (TPSA) is 93.7 Å². The van der Waals surface area contributed by atoms with Crippen LogP contribution in [-0.4, -0.2) is 33.4 Å². The minimum atomic E-state index is -4.86. The third kappa shape index (κ3) is 5.84. The molecule has 0 aliphatic carbocycles. The monoisotopic (exact) mass is 430 g/mol. The fraction of sp³-hybridized carbons (Fsp3) is 0.278. The highest BCUT2D eigenvalue weighted by atomic mass is 32.2. The lowest BCUT2D eigenvalue weighted by Crippen LogP contribution is -2.26. The van der Waals surface area contributed by atoms with Gasteiger partial charge in [0.05, 0.1) is 4.90 Å². The first-order chi connectivity index (χ1) is 13.6. The standard InChI is InChI=1S/C18H17F3N2O5S/c19-18(20,21)28-14-7-9-15(10-8-14)29(25,26)23-13-5-3-12(4-6-13)22-17(24)16-2-1-11-27-16/h3-10,16,23H,1-2,11H2,(H,22,24)/t16-/m1/s1. The number of anilines is 2. The molecule has 0 radical (unpaired) electrons. The molecule has 2 N–H and O–H groups in total. The fourth-order valence-electron chi connectivity index (χ4n) is 2.66. The van der Waals surface area contributed by atoms with Gasteiger partial charge in [-0.25, -0.2) is 8.42 Å². The summed E-state index contributed by atoms with van der Waals surface area (Å²) in [6.07, 6.45) is -3.88. The van der Waals surface area contributed by atoms with Crippen molar-refractivity contribution in [3.63, 3.8) is 0 Å². The zero-order valence-corrected chi connectivity index (χ0v) is 15.7. The molecule has 0 aromatic heterocycles. The average Bonchev–Trinajstić information content (AvgIpc) is 3.17. The molecule has 1 atom stereocenters. The summed E-state index contributed by atoms with van der Waals surface area (Å²) in [4.78, 5) is 11.8. The van der Waals surface area contributed by atoms with Gasteiger partial charge in [0.25, 0.3) is 15.9 Å². The molecular formula is C18H17F3N2O5S. The van der Waals surface area contributed by atoms with Crippen molar-refractivity contribution in [1.29, 1.82) is 0 Å². The van der Waals surface area contributed by atoms with Crippen LogP contribution in [0.5, 0.6) is 5.75 Å². The van der Waals surface area contributed by atoms with Crippen molar-refractivity contribution in [2.75, 3.05) is 16.6 Å². The van der Waals surface area contributed by atoms with Crippen LogP contribution in [0.25, 0.3) is 0 Å². The highest BCUT2D eigenvalue weighted by Gasteiger charge is 2.31. The van der Waals surface area contributed by atoms with E-state index < -0.39 is 28.2 Å². The van der Waals surface area contributed by atoms with Crippen LogP contribution >= 0.6 is 0 Å². The van der Waals surface area contributed by atoms with E-state index in [1.165, 1.54) is 24.3 Å². The first-order valence-corrected chi connectivity index (χ1v) is 10.0. The smallest absolute Gasteiger partial charge is 0.406 e. The minimum Gasteiger partial charge on any atom is -0.406 e. The highest BCUT2D eigenvalue weighted by molar-refractivity contribution is 7.92. The van der Waals surface area contributed by atoms with Crippen molar-refractivity contribution in [3.05, 3.63) is 48.5 Å². The van der Waals surface area contributed by atoms with Crippen molar-refractivity contribution in [1.82, 2.24) is 0 Å². The quantitative estimate of drug-likeness (QED) is 0.732. The van der Waals surface area contributed by atoms with E-state index in [1.54, 1.807) is 0 Å². The van der Waals surface area contributed by atoms with Crippen molar-refractivity contribution >= 4 is 27.3 Å². The van der Waals surface area contributed by atoms with E-state index in [0.29, 0.717) is 18.7 Å². The molecule has 0 bridgehead atoms. The van der Waals surface area contributed by atoms with Crippen LogP contribution < -0.4 is 14.8 Å². The second-order valence-electron chi connectivity index (χ2n) is 6.19. The van der Waals surface area contributed by atoms with Gasteiger partial charge < -0.3 is 14.8 Å². The summed E-state index contributed by atoms with van der Waals surface area (Å²) in [5.41, 5.74) is 0.692. The van der Waals surface area contributed by atoms with Crippen molar-refractivity contribution in [2.24, 2.45) is 0 Å². The Kier molecular flexibility index (Phi) is 5.99. The zero-order chi connectivity index (χ0) is 21.1. The summed E-state index contributed by atoms with van der Waals surface area (Å²) in [7, 11) is -4.02. The average molecular weight is 430 g/mol. The molecule has 7 nitrogen and oxygen atoms in total. The SMILES string of the molecule is O=C(Nc1ccc(NS(=O)(=O)c2ccc(OC(F)(F)F)cc2)cc1)[C@H]1CCCO1. The molecule has 156 valence electrons. The zero-order valence-electron chi connectivity index (χ0n) is 14.9. The van der Waals surface area contributed by atoms with Crippen LogP contribution in [0.4, 0.5) is 24.5 Å². The van der Waals surface area contributed by atoms with Crippen LogP contribution in [0, 0.1) is 0 Å². The number of ether oxygens (including phenoxy) is 2. The molecule has 11 heteroatoms. The maximum atomic E-state index is 12.4. The van der Waals surface area contributed by atoms with Crippen LogP contribution in [0.1, 0.15) is 12.8 Å². The molecule has 0 spiro atoms. The number of amides is 1. The molecule has 2 aromatic carbocycles. The Morgan fingerprint density at radius 2 is 1.66 bits per heavy atom. The number of rotatable bonds is 6. The first kappa shape index (κ1) is 20.9. The van der Waals surface area contributed by atoms with Crippen LogP contribution in [-0.2, 0) is 19.6 Å². The van der Waals surface area contributed by atoms with E-state index in [4.69, 9.17) is 4.74 Å². The van der Waals surface area contributed by atoms with Gasteiger partial charge in [0.2, 0.25) is 0 Å². The molecule has 2 aromatic rings. The normalized spacial score (nSPS) is 17.0. The third-order valence-electron chi connectivity index (χ3n) is 3.99. The van der Waals surface area contributed by atoms with E-state index >= 15 is 0 Å². The minimum absolute atomic E-state index is 0.218. The van der Waals surface area contributed by atoms with Crippen LogP contribution in [0.3, 0.4) is 0 Å². The van der Waals surface area contributed by atoms with Gasteiger partial charge >= 0.3 is 6.36 Å². The number of hydrogen-bond acceptors (Lipinski definition) is 5. The van der Waals surface area contributed by atoms with Crippen LogP contribution in [0.2, 0.25) is 0 Å². The number of carbonyl (C=O) groups is 1. The first-order valence-electron chi connectivity index (χ1n) is 8.53. The molecular weight excluding hydrogens is 413 g/mol. The number of sulfonamides is 1. The number of alkyl halides is 3. The molecule has 0 unspecified atom stereocenters. The second kappa shape index (κ2) is 8.29. The molecule has 3 rings (SSSR count). The fourth-order valence-corrected chi connectivity index (χ4v) is 3.72. The molecule has 1 amide bonds. The van der Waals surface area contributed by atoms with Gasteiger partial charge in [0.1, 0.15) is 11.9 Å². The maximum Gasteiger partial charge on any atom is 0.573 e. The number of hydrogen-bond donors (Lipinski definition) is 2. The van der Waals surface area contributed by atoms with Gasteiger partial charge in [-0.1, -0.05) is 0 Å². The number of benzene rings is 2. The summed E-state index contributed by atoms with van der Waals surface area (Å²) in [5.74, 6) is -0.792. The predicted molar refractivity (Wildman–Crippen MR) is 98.0 cm³/mol. The molecule has 1 aliphatic rings. The van der Waals surface area contributed by atoms with Crippen LogP contribution in [0.15, 0.2) is 53.4 Å². The van der Waals surface area contributed by atoms with Gasteiger partial charge in [-0.2, -0.15) is 0 Å². The molecule has 1 fully saturated rings. The van der Waals surface area contributed by atoms with E-state index in [1.807, 2.05) is 0 Å². The Morgan fingerprint density at radius 3 is 2.21 bits per heavy atom. The Labute approximate surface area is 164 Å². The Balaban J connectivity index is 1.63. The number of carbonyl (C=O) groups excluding carboxylic acids is 1. The Morgan fingerprint density at radius 1 is 1.03 bits per heavy atom. The van der Waals surface area contributed by atoms with E-state index in [-0.39, 0.29) is 16.5 Å². The number of halogens is 3. The van der Waals surface area contributed by atoms with Gasteiger partial charge in [0, 0.05) is 18.0 Å². The van der Waals surface area contributed by atoms with Gasteiger partial charge in [-0.15, -0.1) is 13.2 Å². The van der Waals surface area contributed by atoms with Crippen molar-refractivity contribution in [3.8, 4) is 5.75 Å². The molecule has 1 aliphatic heterocycles. The highest BCUT2D eigenvalue weighted by Crippen LogP contribution is 2.25. The van der Waals surface area contributed by atoms with E-state index in [9.17, 15) is 26.4 Å². The summed E-state index contributed by atoms with van der Waals surface area (Å²) in [5, 5.41) is 2.68. The molecule has 1 heterocycles. The predicted octanol–water partition coefficient (Wildman–Crippen LogP) is 3.50. The summed E-state index contributed by atoms with van der Waals surface area (Å²) >= 11 is 0. The molecule has 1 saturated heterocycles. The van der Waals surface area contributed by atoms with Gasteiger partial charge in [-0.05, 0) is 61.4 Å². The molecule has 29 heavy (non-hydrogen) atoms. The Hall–Kier alpha value is -2.79. The van der Waals surface area contributed by atoms with Crippen molar-refractivity contribution in [2.45, 2.75) is 30.2 Å². The lowest BCUT2D eigenvalue weighted by molar-refractivity contribution is -0.274. The van der Waals surface area contributed by atoms with E-state index in [2.05, 4.69) is 14.8 Å². The molecule has 0 saturated carbocycles.